The standard InChI is InChI=1S/C30H38N6O4/c37-28(22-27-31-16-7-17-32-27)35-26(30(38)39)14-19-36(20-21-40-25-10-2-1-3-11-25)18-5-4-9-24-13-12-23-8-6-15-33-29(23)34-24/h1-3,7,10-13,16-17,26H,4-6,8-9,14-15,18-22H2,(H,33,34)(H,35,37)(H,38,39)/t26-/m0/s1. The number of nitrogens with one attached hydrogen (secondary N) is 2. The third-order valence-electron chi connectivity index (χ3n) is 6.83. The van der Waals surface area contributed by atoms with E-state index < -0.39 is 17.9 Å². The highest BCUT2D eigenvalue weighted by atomic mass is 16.5. The molecule has 0 aliphatic carbocycles. The smallest absolute Gasteiger partial charge is 0.326 e. The molecule has 1 aliphatic rings. The summed E-state index contributed by atoms with van der Waals surface area (Å²) in [5.41, 5.74) is 2.37. The zero-order chi connectivity index (χ0) is 28.0. The van der Waals surface area contributed by atoms with Crippen molar-refractivity contribution in [3.63, 3.8) is 0 Å². The Morgan fingerprint density at radius 2 is 1.85 bits per heavy atom. The summed E-state index contributed by atoms with van der Waals surface area (Å²) in [5, 5.41) is 15.8. The number of hydrogen-bond donors (Lipinski definition) is 3. The maximum atomic E-state index is 12.4. The number of benzene rings is 1. The minimum Gasteiger partial charge on any atom is -0.492 e. The average molecular weight is 547 g/mol. The zero-order valence-corrected chi connectivity index (χ0v) is 22.8. The molecule has 1 atom stereocenters. The summed E-state index contributed by atoms with van der Waals surface area (Å²) in [5.74, 6) is 0.699. The van der Waals surface area contributed by atoms with Crippen LogP contribution in [0, 0.1) is 0 Å². The SMILES string of the molecule is O=C(Cc1ncccn1)N[C@@H](CCN(CCCCc1ccc2c(n1)NCCC2)CCOc1ccccc1)C(=O)O. The van der Waals surface area contributed by atoms with E-state index in [0.29, 0.717) is 25.5 Å². The Morgan fingerprint density at radius 1 is 1.02 bits per heavy atom. The number of para-hydroxylation sites is 1. The molecule has 3 heterocycles. The van der Waals surface area contributed by atoms with Gasteiger partial charge in [-0.2, -0.15) is 0 Å². The molecule has 0 saturated heterocycles. The Morgan fingerprint density at radius 3 is 2.65 bits per heavy atom. The van der Waals surface area contributed by atoms with Crippen LogP contribution in [0.15, 0.2) is 60.9 Å². The summed E-state index contributed by atoms with van der Waals surface area (Å²) in [7, 11) is 0. The lowest BCUT2D eigenvalue weighted by atomic mass is 10.1. The molecule has 10 nitrogen and oxygen atoms in total. The number of aliphatic carboxylic acids is 1. The molecule has 1 aliphatic heterocycles. The molecule has 4 rings (SSSR count). The van der Waals surface area contributed by atoms with E-state index >= 15 is 0 Å². The number of pyridine rings is 1. The number of anilines is 1. The van der Waals surface area contributed by atoms with Gasteiger partial charge in [0.15, 0.2) is 0 Å². The maximum absolute atomic E-state index is 12.4. The van der Waals surface area contributed by atoms with Gasteiger partial charge in [0.1, 0.15) is 30.0 Å². The van der Waals surface area contributed by atoms with E-state index in [9.17, 15) is 14.7 Å². The Bertz CT molecular complexity index is 1210. The predicted molar refractivity (Wildman–Crippen MR) is 152 cm³/mol. The Labute approximate surface area is 235 Å². The average Bonchev–Trinajstić information content (AvgIpc) is 2.97. The third kappa shape index (κ3) is 9.60. The van der Waals surface area contributed by atoms with Crippen molar-refractivity contribution >= 4 is 17.7 Å². The molecule has 0 fully saturated rings. The van der Waals surface area contributed by atoms with E-state index in [1.165, 1.54) is 5.56 Å². The second kappa shape index (κ2) is 15.5. The van der Waals surface area contributed by atoms with Gasteiger partial charge in [-0.1, -0.05) is 24.3 Å². The topological polar surface area (TPSA) is 130 Å². The fourth-order valence-electron chi connectivity index (χ4n) is 4.67. The first-order valence-electron chi connectivity index (χ1n) is 14.0. The molecule has 3 aromatic rings. The number of carboxylic acid groups (broad SMARTS) is 1. The van der Waals surface area contributed by atoms with Gasteiger partial charge in [0.2, 0.25) is 5.91 Å². The summed E-state index contributed by atoms with van der Waals surface area (Å²) in [6, 6.07) is 14.6. The highest BCUT2D eigenvalue weighted by Crippen LogP contribution is 2.20. The number of carbonyl (C=O) groups excluding carboxylic acids is 1. The number of amides is 1. The van der Waals surface area contributed by atoms with E-state index in [1.54, 1.807) is 18.5 Å². The highest BCUT2D eigenvalue weighted by molar-refractivity contribution is 5.84. The van der Waals surface area contributed by atoms with Crippen LogP contribution in [0.3, 0.4) is 0 Å². The fourth-order valence-corrected chi connectivity index (χ4v) is 4.67. The monoisotopic (exact) mass is 546 g/mol. The van der Waals surface area contributed by atoms with Crippen LogP contribution in [0.5, 0.6) is 5.75 Å². The van der Waals surface area contributed by atoms with E-state index in [-0.39, 0.29) is 12.8 Å². The quantitative estimate of drug-likeness (QED) is 0.232. The van der Waals surface area contributed by atoms with E-state index in [0.717, 1.165) is 62.5 Å². The second-order valence-corrected chi connectivity index (χ2v) is 9.89. The fraction of sp³-hybridized carbons (Fsp3) is 0.433. The maximum Gasteiger partial charge on any atom is 0.326 e. The van der Waals surface area contributed by atoms with Gasteiger partial charge in [-0.05, 0) is 74.9 Å². The molecule has 1 amide bonds. The van der Waals surface area contributed by atoms with Crippen LogP contribution in [0.1, 0.15) is 42.8 Å². The van der Waals surface area contributed by atoms with Crippen LogP contribution in [0.2, 0.25) is 0 Å². The van der Waals surface area contributed by atoms with Crippen LogP contribution >= 0.6 is 0 Å². The second-order valence-electron chi connectivity index (χ2n) is 9.89. The molecule has 40 heavy (non-hydrogen) atoms. The number of fused-ring (bicyclic) bond motifs is 1. The molecule has 0 unspecified atom stereocenters. The van der Waals surface area contributed by atoms with Crippen molar-refractivity contribution in [2.24, 2.45) is 0 Å². The number of unbranched alkanes of at least 4 members (excludes halogenated alkanes) is 1. The lowest BCUT2D eigenvalue weighted by molar-refractivity contribution is -0.142. The van der Waals surface area contributed by atoms with E-state index in [1.807, 2.05) is 30.3 Å². The normalized spacial score (nSPS) is 13.2. The molecule has 10 heteroatoms. The first kappa shape index (κ1) is 28.9. The first-order chi connectivity index (χ1) is 19.6. The Balaban J connectivity index is 1.27. The molecule has 212 valence electrons. The molecule has 0 bridgehead atoms. The molecule has 0 spiro atoms. The molecule has 3 N–H and O–H groups in total. The lowest BCUT2D eigenvalue weighted by Gasteiger charge is -2.24. The van der Waals surface area contributed by atoms with Gasteiger partial charge in [-0.3, -0.25) is 9.69 Å². The summed E-state index contributed by atoms with van der Waals surface area (Å²) in [4.78, 5) is 39.4. The minimum absolute atomic E-state index is 0.0640. The largest absolute Gasteiger partial charge is 0.492 e. The molecular formula is C30H38N6O4. The van der Waals surface area contributed by atoms with Crippen LogP contribution in [0.4, 0.5) is 5.82 Å². The van der Waals surface area contributed by atoms with Crippen molar-refractivity contribution in [3.05, 3.63) is 78.0 Å². The van der Waals surface area contributed by atoms with E-state index in [4.69, 9.17) is 9.72 Å². The predicted octanol–water partition coefficient (Wildman–Crippen LogP) is 3.14. The van der Waals surface area contributed by atoms with Crippen molar-refractivity contribution in [3.8, 4) is 5.75 Å². The number of carboxylic acids is 1. The molecular weight excluding hydrogens is 508 g/mol. The number of nitrogens with zero attached hydrogens (tertiary/aromatic N) is 4. The van der Waals surface area contributed by atoms with Crippen LogP contribution in [-0.4, -0.2) is 75.7 Å². The summed E-state index contributed by atoms with van der Waals surface area (Å²) in [6.07, 6.45) is 8.34. The van der Waals surface area contributed by atoms with Gasteiger partial charge in [0.05, 0.1) is 6.42 Å². The molecule has 1 aromatic carbocycles. The van der Waals surface area contributed by atoms with E-state index in [2.05, 4.69) is 37.6 Å². The third-order valence-corrected chi connectivity index (χ3v) is 6.83. The summed E-state index contributed by atoms with van der Waals surface area (Å²) in [6.45, 7) is 3.41. The van der Waals surface area contributed by atoms with Crippen molar-refractivity contribution in [1.82, 2.24) is 25.2 Å². The van der Waals surface area contributed by atoms with Crippen LogP contribution in [-0.2, 0) is 28.9 Å². The van der Waals surface area contributed by atoms with Gasteiger partial charge < -0.3 is 20.5 Å². The number of hydrogen-bond acceptors (Lipinski definition) is 8. The zero-order valence-electron chi connectivity index (χ0n) is 22.8. The lowest BCUT2D eigenvalue weighted by Crippen LogP contribution is -2.44. The number of rotatable bonds is 16. The van der Waals surface area contributed by atoms with Crippen molar-refractivity contribution in [1.29, 1.82) is 0 Å². The van der Waals surface area contributed by atoms with Crippen molar-refractivity contribution in [2.45, 2.75) is 51.0 Å². The van der Waals surface area contributed by atoms with Gasteiger partial charge >= 0.3 is 5.97 Å². The molecule has 0 saturated carbocycles. The number of carbonyl (C=O) groups is 2. The number of aryl methyl sites for hydroxylation is 2. The Kier molecular flexibility index (Phi) is 11.2. The Hall–Kier alpha value is -4.05. The van der Waals surface area contributed by atoms with Crippen molar-refractivity contribution in [2.75, 3.05) is 38.1 Å². The van der Waals surface area contributed by atoms with Crippen molar-refractivity contribution < 1.29 is 19.4 Å². The summed E-state index contributed by atoms with van der Waals surface area (Å²) >= 11 is 0. The summed E-state index contributed by atoms with van der Waals surface area (Å²) < 4.78 is 5.89. The van der Waals surface area contributed by atoms with Gasteiger partial charge in [-0.15, -0.1) is 0 Å². The minimum atomic E-state index is -1.06. The van der Waals surface area contributed by atoms with Gasteiger partial charge in [0, 0.05) is 37.7 Å². The number of ether oxygens (including phenoxy) is 1. The van der Waals surface area contributed by atoms with Gasteiger partial charge in [0.25, 0.3) is 0 Å². The van der Waals surface area contributed by atoms with Gasteiger partial charge in [-0.25, -0.2) is 19.7 Å². The van der Waals surface area contributed by atoms with Crippen LogP contribution in [0.25, 0.3) is 0 Å². The highest BCUT2D eigenvalue weighted by Gasteiger charge is 2.21. The first-order valence-corrected chi connectivity index (χ1v) is 14.0. The van der Waals surface area contributed by atoms with Crippen LogP contribution < -0.4 is 15.4 Å². The molecule has 0 radical (unpaired) electrons. The molecule has 2 aromatic heterocycles. The number of aromatic nitrogens is 3.